The zero-order valence-corrected chi connectivity index (χ0v) is 11.2. The van der Waals surface area contributed by atoms with Crippen molar-refractivity contribution >= 4 is 11.8 Å². The molecule has 6 heteroatoms. The van der Waals surface area contributed by atoms with E-state index in [1.807, 2.05) is 0 Å². The van der Waals surface area contributed by atoms with Crippen LogP contribution in [-0.2, 0) is 7.05 Å². The van der Waals surface area contributed by atoms with E-state index in [1.54, 1.807) is 23.4 Å². The highest BCUT2D eigenvalue weighted by Gasteiger charge is 2.28. The first-order chi connectivity index (χ1) is 8.22. The lowest BCUT2D eigenvalue weighted by molar-refractivity contribution is 0.530. The Morgan fingerprint density at radius 3 is 3.06 bits per heavy atom. The van der Waals surface area contributed by atoms with Gasteiger partial charge in [-0.15, -0.1) is 5.10 Å². The molecule has 2 unspecified atom stereocenters. The van der Waals surface area contributed by atoms with Gasteiger partial charge in [0.1, 0.15) is 0 Å². The van der Waals surface area contributed by atoms with Gasteiger partial charge in [-0.1, -0.05) is 25.1 Å². The van der Waals surface area contributed by atoms with Crippen molar-refractivity contribution in [2.45, 2.75) is 49.1 Å². The summed E-state index contributed by atoms with van der Waals surface area (Å²) in [5.74, 6) is 0. The van der Waals surface area contributed by atoms with Gasteiger partial charge in [0.05, 0.1) is 0 Å². The average Bonchev–Trinajstić information content (AvgIpc) is 2.89. The molecular weight excluding hydrogens is 236 g/mol. The average molecular weight is 256 g/mol. The molecule has 0 radical (unpaired) electrons. The smallest absolute Gasteiger partial charge is 0.313 e. The molecule has 2 atom stereocenters. The Hall–Kier alpha value is -0.750. The molecule has 1 fully saturated rings. The van der Waals surface area contributed by atoms with Gasteiger partial charge in [-0.05, 0) is 25.8 Å². The van der Waals surface area contributed by atoms with Crippen LogP contribution in [0.5, 0.6) is 0 Å². The molecule has 0 amide bonds. The van der Waals surface area contributed by atoms with Crippen LogP contribution in [0.4, 0.5) is 0 Å². The number of rotatable bonds is 5. The van der Waals surface area contributed by atoms with Crippen LogP contribution in [0.25, 0.3) is 0 Å². The summed E-state index contributed by atoms with van der Waals surface area (Å²) < 4.78 is 1.58. The molecule has 1 aromatic rings. The van der Waals surface area contributed by atoms with Crippen molar-refractivity contribution in [1.29, 1.82) is 0 Å². The molecule has 17 heavy (non-hydrogen) atoms. The highest BCUT2D eigenvalue weighted by molar-refractivity contribution is 7.99. The van der Waals surface area contributed by atoms with E-state index in [-0.39, 0.29) is 5.69 Å². The van der Waals surface area contributed by atoms with Crippen molar-refractivity contribution in [3.8, 4) is 0 Å². The van der Waals surface area contributed by atoms with E-state index in [0.717, 1.165) is 18.1 Å². The molecule has 1 saturated carbocycles. The number of hydrogen-bond donors (Lipinski definition) is 2. The summed E-state index contributed by atoms with van der Waals surface area (Å²) in [5, 5.41) is 11.5. The molecule has 1 aliphatic rings. The molecule has 1 aliphatic carbocycles. The molecule has 0 saturated heterocycles. The Morgan fingerprint density at radius 1 is 1.59 bits per heavy atom. The van der Waals surface area contributed by atoms with E-state index in [1.165, 1.54) is 19.3 Å². The number of thioether (sulfide) groups is 1. The summed E-state index contributed by atoms with van der Waals surface area (Å²) in [6, 6.07) is 0.562. The Balaban J connectivity index is 1.98. The van der Waals surface area contributed by atoms with Gasteiger partial charge in [0, 0.05) is 18.3 Å². The fraction of sp³-hybridized carbons (Fsp3) is 0.818. The molecule has 5 nitrogen and oxygen atoms in total. The third-order valence-electron chi connectivity index (χ3n) is 3.20. The van der Waals surface area contributed by atoms with Gasteiger partial charge in [0.15, 0.2) is 5.16 Å². The number of H-pyrrole nitrogens is 1. The molecule has 2 rings (SSSR count). The van der Waals surface area contributed by atoms with E-state index in [4.69, 9.17) is 0 Å². The second-order valence-electron chi connectivity index (χ2n) is 4.52. The molecular formula is C11H20N4OS. The maximum absolute atomic E-state index is 11.3. The Morgan fingerprint density at radius 2 is 2.41 bits per heavy atom. The maximum Gasteiger partial charge on any atom is 0.343 e. The minimum absolute atomic E-state index is 0.136. The van der Waals surface area contributed by atoms with Gasteiger partial charge >= 0.3 is 5.69 Å². The number of nitrogens with one attached hydrogen (secondary N) is 2. The SMILES string of the molecule is CCCNC1CCCC1Sc1n[nH]c(=O)n1C. The van der Waals surface area contributed by atoms with Crippen LogP contribution in [0.2, 0.25) is 0 Å². The zero-order valence-electron chi connectivity index (χ0n) is 10.4. The molecule has 0 aliphatic heterocycles. The van der Waals surface area contributed by atoms with Crippen LogP contribution in [0, 0.1) is 0 Å². The van der Waals surface area contributed by atoms with Gasteiger partial charge < -0.3 is 5.32 Å². The molecule has 2 N–H and O–H groups in total. The summed E-state index contributed by atoms with van der Waals surface area (Å²) in [7, 11) is 1.76. The Kier molecular flexibility index (Phi) is 4.28. The van der Waals surface area contributed by atoms with Crippen LogP contribution >= 0.6 is 11.8 Å². The second-order valence-corrected chi connectivity index (χ2v) is 5.72. The third-order valence-corrected chi connectivity index (χ3v) is 4.65. The molecule has 1 aromatic heterocycles. The van der Waals surface area contributed by atoms with Crippen molar-refractivity contribution in [3.05, 3.63) is 10.5 Å². The predicted octanol–water partition coefficient (Wildman–Crippen LogP) is 1.12. The van der Waals surface area contributed by atoms with Crippen molar-refractivity contribution < 1.29 is 0 Å². The fourth-order valence-electron chi connectivity index (χ4n) is 2.20. The molecule has 96 valence electrons. The lowest BCUT2D eigenvalue weighted by Gasteiger charge is -2.19. The van der Waals surface area contributed by atoms with E-state index in [0.29, 0.717) is 11.3 Å². The number of nitrogens with zero attached hydrogens (tertiary/aromatic N) is 2. The van der Waals surface area contributed by atoms with Crippen LogP contribution in [0.3, 0.4) is 0 Å². The van der Waals surface area contributed by atoms with E-state index in [9.17, 15) is 4.79 Å². The largest absolute Gasteiger partial charge is 0.343 e. The monoisotopic (exact) mass is 256 g/mol. The summed E-state index contributed by atoms with van der Waals surface area (Å²) in [5.41, 5.74) is -0.136. The van der Waals surface area contributed by atoms with Crippen molar-refractivity contribution in [1.82, 2.24) is 20.1 Å². The fourth-order valence-corrected chi connectivity index (χ4v) is 3.49. The van der Waals surface area contributed by atoms with Gasteiger partial charge in [-0.25, -0.2) is 9.89 Å². The van der Waals surface area contributed by atoms with Crippen LogP contribution in [0.15, 0.2) is 9.95 Å². The van der Waals surface area contributed by atoms with Gasteiger partial charge in [-0.2, -0.15) is 0 Å². The molecule has 0 bridgehead atoms. The standard InChI is InChI=1S/C11H20N4OS/c1-3-7-12-8-5-4-6-9(8)17-11-14-13-10(16)15(11)2/h8-9,12H,3-7H2,1-2H3,(H,13,16). The van der Waals surface area contributed by atoms with Crippen LogP contribution < -0.4 is 11.0 Å². The van der Waals surface area contributed by atoms with Gasteiger partial charge in [0.25, 0.3) is 0 Å². The topological polar surface area (TPSA) is 62.7 Å². The van der Waals surface area contributed by atoms with E-state index < -0.39 is 0 Å². The summed E-state index contributed by atoms with van der Waals surface area (Å²) in [4.78, 5) is 11.3. The summed E-state index contributed by atoms with van der Waals surface area (Å²) in [6.45, 7) is 3.25. The van der Waals surface area contributed by atoms with Crippen LogP contribution in [-0.4, -0.2) is 32.6 Å². The summed E-state index contributed by atoms with van der Waals surface area (Å²) >= 11 is 1.72. The van der Waals surface area contributed by atoms with Crippen molar-refractivity contribution in [2.75, 3.05) is 6.54 Å². The lowest BCUT2D eigenvalue weighted by Crippen LogP contribution is -2.34. The van der Waals surface area contributed by atoms with Gasteiger partial charge in [0.2, 0.25) is 0 Å². The predicted molar refractivity (Wildman–Crippen MR) is 69.4 cm³/mol. The number of hydrogen-bond acceptors (Lipinski definition) is 4. The highest BCUT2D eigenvalue weighted by Crippen LogP contribution is 2.33. The van der Waals surface area contributed by atoms with Gasteiger partial charge in [-0.3, -0.25) is 4.57 Å². The Labute approximate surface area is 105 Å². The first-order valence-corrected chi connectivity index (χ1v) is 7.11. The third kappa shape index (κ3) is 2.93. The minimum Gasteiger partial charge on any atom is -0.313 e. The first-order valence-electron chi connectivity index (χ1n) is 6.23. The van der Waals surface area contributed by atoms with Crippen LogP contribution in [0.1, 0.15) is 32.6 Å². The minimum atomic E-state index is -0.136. The first kappa shape index (κ1) is 12.7. The van der Waals surface area contributed by atoms with Crippen molar-refractivity contribution in [3.63, 3.8) is 0 Å². The second kappa shape index (κ2) is 5.73. The lowest BCUT2D eigenvalue weighted by atomic mass is 10.2. The Bertz CT molecular complexity index is 414. The number of aromatic nitrogens is 3. The maximum atomic E-state index is 11.3. The molecule has 0 aromatic carbocycles. The van der Waals surface area contributed by atoms with E-state index >= 15 is 0 Å². The van der Waals surface area contributed by atoms with Crippen molar-refractivity contribution in [2.24, 2.45) is 7.05 Å². The highest BCUT2D eigenvalue weighted by atomic mass is 32.2. The quantitative estimate of drug-likeness (QED) is 0.829. The molecule has 1 heterocycles. The number of aromatic amines is 1. The zero-order chi connectivity index (χ0) is 12.3. The summed E-state index contributed by atoms with van der Waals surface area (Å²) in [6.07, 6.45) is 4.86. The molecule has 0 spiro atoms. The normalized spacial score (nSPS) is 24.4. The van der Waals surface area contributed by atoms with E-state index in [2.05, 4.69) is 22.4 Å².